The van der Waals surface area contributed by atoms with E-state index >= 15 is 0 Å². The first kappa shape index (κ1) is 15.0. The topological polar surface area (TPSA) is 109 Å². The number of aliphatic carboxylic acids is 1. The number of carboxylic acids is 1. The Morgan fingerprint density at radius 1 is 1.57 bits per heavy atom. The van der Waals surface area contributed by atoms with Gasteiger partial charge in [-0.3, -0.25) is 5.43 Å². The van der Waals surface area contributed by atoms with Crippen LogP contribution in [0.1, 0.15) is 17.7 Å². The summed E-state index contributed by atoms with van der Waals surface area (Å²) in [4.78, 5) is 20.1. The molecule has 0 unspecified atom stereocenters. The number of nitrogens with one attached hydrogen (secondary N) is 1. The summed E-state index contributed by atoms with van der Waals surface area (Å²) in [6.07, 6.45) is 2.10. The molecule has 0 aliphatic carbocycles. The molecule has 8 nitrogen and oxygen atoms in total. The first-order valence-electron chi connectivity index (χ1n) is 6.54. The van der Waals surface area contributed by atoms with Gasteiger partial charge in [-0.2, -0.15) is 5.10 Å². The van der Waals surface area contributed by atoms with Crippen LogP contribution in [0.25, 0.3) is 0 Å². The lowest BCUT2D eigenvalue weighted by molar-refractivity contribution is -0.129. The van der Waals surface area contributed by atoms with Crippen molar-refractivity contribution >= 4 is 39.6 Å². The Balaban J connectivity index is 1.75. The number of carbonyl (C=O) groups is 1. The Morgan fingerprint density at radius 2 is 2.43 bits per heavy atom. The lowest BCUT2D eigenvalue weighted by atomic mass is 10.2. The molecular weight excluding hydrogens is 320 g/mol. The summed E-state index contributed by atoms with van der Waals surface area (Å²) < 4.78 is 5.29. The van der Waals surface area contributed by atoms with Crippen LogP contribution in [-0.2, 0) is 9.63 Å². The zero-order chi connectivity index (χ0) is 16.2. The Morgan fingerprint density at radius 3 is 3.13 bits per heavy atom. The maximum Gasteiger partial charge on any atom is 0.358 e. The number of thiophene rings is 1. The first-order valence-corrected chi connectivity index (χ1v) is 7.42. The van der Waals surface area contributed by atoms with Gasteiger partial charge >= 0.3 is 5.97 Å². The number of hydrazone groups is 1. The van der Waals surface area contributed by atoms with E-state index in [4.69, 9.17) is 9.52 Å². The molecule has 0 radical (unpaired) electrons. The van der Waals surface area contributed by atoms with Gasteiger partial charge in [-0.25, -0.2) is 9.79 Å². The molecule has 3 rings (SSSR count). The van der Waals surface area contributed by atoms with Crippen molar-refractivity contribution in [2.45, 2.75) is 6.42 Å². The van der Waals surface area contributed by atoms with E-state index in [0.29, 0.717) is 28.6 Å². The number of rotatable bonds is 5. The first-order chi connectivity index (χ1) is 11.2. The van der Waals surface area contributed by atoms with Gasteiger partial charge in [-0.15, -0.1) is 11.3 Å². The highest BCUT2D eigenvalue weighted by molar-refractivity contribution is 7.14. The van der Waals surface area contributed by atoms with E-state index < -0.39 is 5.97 Å². The highest BCUT2D eigenvalue weighted by atomic mass is 32.1. The Bertz CT molecular complexity index is 805. The number of furan rings is 1. The van der Waals surface area contributed by atoms with Gasteiger partial charge in [0.2, 0.25) is 0 Å². The van der Waals surface area contributed by atoms with Gasteiger partial charge in [0.15, 0.2) is 5.71 Å². The standard InChI is InChI=1S/C14H12N4O4S/c1-21-18-13(14(19)20)8-5-12(23-7-8)15-11-6-9(16-17-11)10-3-2-4-22-10/h2-5,7H,6H2,1H3,(H,15,17)(H,19,20)/b18-13-. The van der Waals surface area contributed by atoms with Crippen LogP contribution in [0.4, 0.5) is 5.00 Å². The lowest BCUT2D eigenvalue weighted by Gasteiger charge is -1.96. The smallest absolute Gasteiger partial charge is 0.358 e. The van der Waals surface area contributed by atoms with Crippen LogP contribution in [0, 0.1) is 0 Å². The van der Waals surface area contributed by atoms with Crippen LogP contribution in [0.2, 0.25) is 0 Å². The molecule has 118 valence electrons. The van der Waals surface area contributed by atoms with E-state index in [1.807, 2.05) is 6.07 Å². The average molecular weight is 332 g/mol. The maximum atomic E-state index is 11.1. The number of oxime groups is 1. The van der Waals surface area contributed by atoms with Crippen molar-refractivity contribution in [2.24, 2.45) is 15.2 Å². The molecule has 9 heteroatoms. The van der Waals surface area contributed by atoms with Gasteiger partial charge in [-0.05, 0) is 18.2 Å². The molecule has 3 heterocycles. The molecule has 0 aromatic carbocycles. The molecule has 0 bridgehead atoms. The number of hydrogen-bond acceptors (Lipinski definition) is 7. The molecular formula is C14H12N4O4S. The second-order valence-corrected chi connectivity index (χ2v) is 5.37. The predicted octanol–water partition coefficient (Wildman–Crippen LogP) is 2.20. The minimum Gasteiger partial charge on any atom is -0.476 e. The second kappa shape index (κ2) is 6.44. The summed E-state index contributed by atoms with van der Waals surface area (Å²) in [5, 5.41) is 19.1. The van der Waals surface area contributed by atoms with E-state index in [0.717, 1.165) is 5.71 Å². The predicted molar refractivity (Wildman–Crippen MR) is 85.6 cm³/mol. The lowest BCUT2D eigenvalue weighted by Crippen LogP contribution is -2.13. The minimum absolute atomic E-state index is 0.165. The van der Waals surface area contributed by atoms with E-state index in [1.165, 1.54) is 18.4 Å². The summed E-state index contributed by atoms with van der Waals surface area (Å²) in [7, 11) is 1.30. The third kappa shape index (κ3) is 3.29. The number of aliphatic imine (C=N–C) groups is 1. The zero-order valence-electron chi connectivity index (χ0n) is 12.0. The molecule has 2 N–H and O–H groups in total. The largest absolute Gasteiger partial charge is 0.476 e. The number of hydrogen-bond donors (Lipinski definition) is 2. The molecule has 23 heavy (non-hydrogen) atoms. The SMILES string of the molecule is CO/N=C(\C(=O)O)c1csc(/N=C2/CC(c3ccco3)=NN2)c1. The van der Waals surface area contributed by atoms with Crippen LogP contribution in [0.15, 0.2) is 49.5 Å². The molecule has 0 amide bonds. The van der Waals surface area contributed by atoms with Crippen molar-refractivity contribution in [3.63, 3.8) is 0 Å². The van der Waals surface area contributed by atoms with Crippen LogP contribution >= 0.6 is 11.3 Å². The van der Waals surface area contributed by atoms with Crippen molar-refractivity contribution in [3.05, 3.63) is 41.2 Å². The van der Waals surface area contributed by atoms with Crippen molar-refractivity contribution < 1.29 is 19.2 Å². The van der Waals surface area contributed by atoms with Crippen molar-refractivity contribution in [2.75, 3.05) is 7.11 Å². The molecule has 0 atom stereocenters. The minimum atomic E-state index is -1.16. The van der Waals surface area contributed by atoms with Crippen LogP contribution in [-0.4, -0.2) is 35.4 Å². The highest BCUT2D eigenvalue weighted by Gasteiger charge is 2.19. The summed E-state index contributed by atoms with van der Waals surface area (Å²) in [5.74, 6) is 0.187. The fraction of sp³-hybridized carbons (Fsp3) is 0.143. The van der Waals surface area contributed by atoms with Gasteiger partial charge in [0.1, 0.15) is 29.4 Å². The van der Waals surface area contributed by atoms with Crippen molar-refractivity contribution in [1.82, 2.24) is 5.43 Å². The summed E-state index contributed by atoms with van der Waals surface area (Å²) in [6, 6.07) is 5.25. The second-order valence-electron chi connectivity index (χ2n) is 4.48. The van der Waals surface area contributed by atoms with Crippen LogP contribution in [0.3, 0.4) is 0 Å². The van der Waals surface area contributed by atoms with E-state index in [2.05, 4.69) is 25.5 Å². The number of amidine groups is 1. The number of carboxylic acid groups (broad SMARTS) is 1. The van der Waals surface area contributed by atoms with Gasteiger partial charge in [-0.1, -0.05) is 5.16 Å². The van der Waals surface area contributed by atoms with Gasteiger partial charge in [0, 0.05) is 10.9 Å². The third-order valence-electron chi connectivity index (χ3n) is 2.95. The molecule has 0 saturated heterocycles. The van der Waals surface area contributed by atoms with Gasteiger partial charge < -0.3 is 14.4 Å². The zero-order valence-corrected chi connectivity index (χ0v) is 12.8. The fourth-order valence-electron chi connectivity index (χ4n) is 1.97. The Hall–Kier alpha value is -2.94. The Kier molecular flexibility index (Phi) is 4.20. The summed E-state index contributed by atoms with van der Waals surface area (Å²) in [5.41, 5.74) is 3.88. The summed E-state index contributed by atoms with van der Waals surface area (Å²) >= 11 is 1.31. The molecule has 1 aliphatic rings. The van der Waals surface area contributed by atoms with Crippen molar-refractivity contribution in [1.29, 1.82) is 0 Å². The van der Waals surface area contributed by atoms with Crippen LogP contribution in [0.5, 0.6) is 0 Å². The molecule has 2 aromatic heterocycles. The molecule has 1 aliphatic heterocycles. The maximum absolute atomic E-state index is 11.1. The fourth-order valence-corrected chi connectivity index (χ4v) is 2.75. The average Bonchev–Trinajstić information content (AvgIpc) is 3.26. The quantitative estimate of drug-likeness (QED) is 0.644. The van der Waals surface area contributed by atoms with Crippen LogP contribution < -0.4 is 5.43 Å². The molecule has 0 fully saturated rings. The Labute approximate surface area is 134 Å². The molecule has 0 saturated carbocycles. The van der Waals surface area contributed by atoms with E-state index in [1.54, 1.807) is 23.8 Å². The molecule has 2 aromatic rings. The normalized spacial score (nSPS) is 16.3. The van der Waals surface area contributed by atoms with E-state index in [9.17, 15) is 4.79 Å². The molecule has 0 spiro atoms. The van der Waals surface area contributed by atoms with Crippen molar-refractivity contribution in [3.8, 4) is 0 Å². The van der Waals surface area contributed by atoms with Gasteiger partial charge in [0.25, 0.3) is 0 Å². The highest BCUT2D eigenvalue weighted by Crippen LogP contribution is 2.25. The monoisotopic (exact) mass is 332 g/mol. The van der Waals surface area contributed by atoms with Gasteiger partial charge in [0.05, 0.1) is 12.7 Å². The van der Waals surface area contributed by atoms with E-state index in [-0.39, 0.29) is 5.71 Å². The summed E-state index contributed by atoms with van der Waals surface area (Å²) in [6.45, 7) is 0. The third-order valence-corrected chi connectivity index (χ3v) is 3.77. The number of nitrogens with zero attached hydrogens (tertiary/aromatic N) is 3.